The Bertz CT molecular complexity index is 1170. The van der Waals surface area contributed by atoms with Crippen molar-refractivity contribution in [3.05, 3.63) is 35.9 Å². The fraction of sp³-hybridized carbons (Fsp3) is 0.711. The Labute approximate surface area is 295 Å². The number of nitrogens with two attached hydrogens (primary N) is 1. The van der Waals surface area contributed by atoms with E-state index in [9.17, 15) is 24.0 Å². The monoisotopic (exact) mass is 687 g/mol. The van der Waals surface area contributed by atoms with Crippen LogP contribution in [-0.2, 0) is 30.4 Å². The normalized spacial score (nSPS) is 15.2. The topological polar surface area (TPSA) is 172 Å². The van der Waals surface area contributed by atoms with Crippen LogP contribution in [0, 0.1) is 23.7 Å². The number of amides is 5. The largest absolute Gasteiger partial charge is 0.352 e. The molecule has 1 rings (SSSR count). The maximum atomic E-state index is 13.9. The van der Waals surface area contributed by atoms with Crippen molar-refractivity contribution >= 4 is 29.5 Å². The Morgan fingerprint density at radius 3 is 1.71 bits per heavy atom. The van der Waals surface area contributed by atoms with E-state index >= 15 is 0 Å². The lowest BCUT2D eigenvalue weighted by Crippen LogP contribution is -2.59. The van der Waals surface area contributed by atoms with Crippen molar-refractivity contribution in [2.75, 3.05) is 0 Å². The van der Waals surface area contributed by atoms with Gasteiger partial charge in [0.05, 0.1) is 0 Å². The zero-order valence-corrected chi connectivity index (χ0v) is 31.7. The van der Waals surface area contributed by atoms with Crippen molar-refractivity contribution in [2.24, 2.45) is 29.4 Å². The summed E-state index contributed by atoms with van der Waals surface area (Å²) in [6.07, 6.45) is 3.22. The van der Waals surface area contributed by atoms with Crippen LogP contribution in [0.25, 0.3) is 0 Å². The van der Waals surface area contributed by atoms with Gasteiger partial charge in [0.25, 0.3) is 0 Å². The van der Waals surface area contributed by atoms with Gasteiger partial charge >= 0.3 is 0 Å². The number of nitrogens with one attached hydrogen (secondary N) is 5. The summed E-state index contributed by atoms with van der Waals surface area (Å²) in [5.41, 5.74) is 7.58. The van der Waals surface area contributed by atoms with E-state index in [1.165, 1.54) is 0 Å². The lowest BCUT2D eigenvalue weighted by atomic mass is 9.94. The number of hydrogen-bond donors (Lipinski definition) is 6. The fourth-order valence-corrected chi connectivity index (χ4v) is 5.64. The second kappa shape index (κ2) is 22.3. The minimum absolute atomic E-state index is 0.0232. The van der Waals surface area contributed by atoms with Crippen LogP contribution in [-0.4, -0.2) is 65.8 Å². The van der Waals surface area contributed by atoms with E-state index in [-0.39, 0.29) is 53.9 Å². The molecule has 49 heavy (non-hydrogen) atoms. The van der Waals surface area contributed by atoms with E-state index in [1.54, 1.807) is 0 Å². The van der Waals surface area contributed by atoms with Crippen LogP contribution in [0.3, 0.4) is 0 Å². The molecule has 0 aliphatic rings. The highest BCUT2D eigenvalue weighted by molar-refractivity contribution is 5.92. The third-order valence-electron chi connectivity index (χ3n) is 8.91. The van der Waals surface area contributed by atoms with Gasteiger partial charge in [-0.05, 0) is 54.9 Å². The smallest absolute Gasteiger partial charge is 0.243 e. The Hall–Kier alpha value is -3.47. The molecule has 0 aromatic heterocycles. The number of hydrogen-bond acceptors (Lipinski definition) is 6. The molecule has 1 aromatic carbocycles. The third-order valence-corrected chi connectivity index (χ3v) is 8.91. The molecule has 0 saturated heterocycles. The summed E-state index contributed by atoms with van der Waals surface area (Å²) in [6.45, 7) is 19.4. The molecule has 0 heterocycles. The molecule has 0 spiro atoms. The van der Waals surface area contributed by atoms with Gasteiger partial charge in [0.2, 0.25) is 29.5 Å². The summed E-state index contributed by atoms with van der Waals surface area (Å²) in [5, 5.41) is 14.7. The van der Waals surface area contributed by atoms with Gasteiger partial charge in [0.1, 0.15) is 18.1 Å². The number of rotatable bonds is 22. The standard InChI is InChI=1S/C38H66N6O5/c1-11-26(10)35(38(49)40-28(12-2)13-3)43-33(46)22-29(39)30(21-27-17-15-14-16-18-27)42-37(48)34(25(8)9)44-36(47)31(19-23(4)5)41-32(45)20-24(6)7/h14-18,23-26,28-31,34-35H,11-13,19-22,39H2,1-10H3,(H,40,49)(H,41,45)(H,42,48)(H,43,46)(H,44,47)/t26-,29-,30-,31-,34?,35-/m0/s1. The highest BCUT2D eigenvalue weighted by Gasteiger charge is 2.33. The van der Waals surface area contributed by atoms with Crippen LogP contribution in [0.2, 0.25) is 0 Å². The van der Waals surface area contributed by atoms with Gasteiger partial charge in [-0.15, -0.1) is 0 Å². The lowest BCUT2D eigenvalue weighted by molar-refractivity contribution is -0.133. The Balaban J connectivity index is 3.20. The Morgan fingerprint density at radius 1 is 0.633 bits per heavy atom. The molecule has 0 aliphatic heterocycles. The molecule has 0 aliphatic carbocycles. The quantitative estimate of drug-likeness (QED) is 0.108. The highest BCUT2D eigenvalue weighted by atomic mass is 16.2. The average molecular weight is 687 g/mol. The predicted octanol–water partition coefficient (Wildman–Crippen LogP) is 3.98. The first-order chi connectivity index (χ1) is 23.0. The van der Waals surface area contributed by atoms with Crippen molar-refractivity contribution in [2.45, 2.75) is 150 Å². The first kappa shape index (κ1) is 43.6. The van der Waals surface area contributed by atoms with E-state index in [0.29, 0.717) is 25.7 Å². The first-order valence-electron chi connectivity index (χ1n) is 18.3. The zero-order valence-electron chi connectivity index (χ0n) is 31.7. The van der Waals surface area contributed by atoms with Crippen molar-refractivity contribution in [3.8, 4) is 0 Å². The molecule has 0 fully saturated rings. The van der Waals surface area contributed by atoms with E-state index in [4.69, 9.17) is 5.73 Å². The summed E-state index contributed by atoms with van der Waals surface area (Å²) in [7, 11) is 0. The summed E-state index contributed by atoms with van der Waals surface area (Å²) < 4.78 is 0. The molecule has 278 valence electrons. The molecule has 0 bridgehead atoms. The van der Waals surface area contributed by atoms with E-state index in [1.807, 2.05) is 99.6 Å². The Morgan fingerprint density at radius 2 is 1.20 bits per heavy atom. The van der Waals surface area contributed by atoms with Crippen LogP contribution < -0.4 is 32.3 Å². The van der Waals surface area contributed by atoms with Crippen LogP contribution in [0.15, 0.2) is 30.3 Å². The van der Waals surface area contributed by atoms with Crippen molar-refractivity contribution < 1.29 is 24.0 Å². The summed E-state index contributed by atoms with van der Waals surface area (Å²) in [6, 6.07) is 5.68. The van der Waals surface area contributed by atoms with E-state index in [2.05, 4.69) is 26.6 Å². The zero-order chi connectivity index (χ0) is 37.3. The SMILES string of the molecule is CCC(CC)NC(=O)[C@@H](NC(=O)C[C@H](N)[C@H](Cc1ccccc1)NC(=O)C(NC(=O)[C@H](CC(C)C)NC(=O)CC(C)C)C(C)C)[C@@H](C)CC. The van der Waals surface area contributed by atoms with Crippen LogP contribution in [0.5, 0.6) is 0 Å². The number of benzene rings is 1. The fourth-order valence-electron chi connectivity index (χ4n) is 5.64. The van der Waals surface area contributed by atoms with Gasteiger partial charge in [-0.1, -0.05) is 106 Å². The number of carbonyl (C=O) groups is 5. The van der Waals surface area contributed by atoms with Gasteiger partial charge in [0.15, 0.2) is 0 Å². The van der Waals surface area contributed by atoms with Crippen LogP contribution >= 0.6 is 0 Å². The molecule has 11 nitrogen and oxygen atoms in total. The third kappa shape index (κ3) is 16.2. The first-order valence-corrected chi connectivity index (χ1v) is 18.3. The van der Waals surface area contributed by atoms with Gasteiger partial charge in [-0.2, -0.15) is 0 Å². The number of carbonyl (C=O) groups excluding carboxylic acids is 5. The van der Waals surface area contributed by atoms with Gasteiger partial charge in [-0.25, -0.2) is 0 Å². The van der Waals surface area contributed by atoms with Crippen molar-refractivity contribution in [1.29, 1.82) is 0 Å². The van der Waals surface area contributed by atoms with Crippen LogP contribution in [0.1, 0.15) is 113 Å². The van der Waals surface area contributed by atoms with Crippen LogP contribution in [0.4, 0.5) is 0 Å². The van der Waals surface area contributed by atoms with E-state index in [0.717, 1.165) is 18.4 Å². The van der Waals surface area contributed by atoms with Crippen molar-refractivity contribution in [3.63, 3.8) is 0 Å². The highest BCUT2D eigenvalue weighted by Crippen LogP contribution is 2.14. The summed E-state index contributed by atoms with van der Waals surface area (Å²) in [4.78, 5) is 66.5. The van der Waals surface area contributed by atoms with E-state index < -0.39 is 42.0 Å². The van der Waals surface area contributed by atoms with Gasteiger partial charge < -0.3 is 32.3 Å². The van der Waals surface area contributed by atoms with Crippen molar-refractivity contribution in [1.82, 2.24) is 26.6 Å². The molecule has 1 aromatic rings. The van der Waals surface area contributed by atoms with Gasteiger partial charge in [0, 0.05) is 31.0 Å². The molecule has 0 saturated carbocycles. The summed E-state index contributed by atoms with van der Waals surface area (Å²) >= 11 is 0. The lowest BCUT2D eigenvalue weighted by Gasteiger charge is -2.31. The second-order valence-corrected chi connectivity index (χ2v) is 14.7. The maximum Gasteiger partial charge on any atom is 0.243 e. The second-order valence-electron chi connectivity index (χ2n) is 14.7. The molecule has 11 heteroatoms. The molecule has 1 unspecified atom stereocenters. The summed E-state index contributed by atoms with van der Waals surface area (Å²) in [5.74, 6) is -1.78. The predicted molar refractivity (Wildman–Crippen MR) is 196 cm³/mol. The molecular weight excluding hydrogens is 620 g/mol. The molecular formula is C38H66N6O5. The molecule has 5 amide bonds. The molecule has 6 atom stereocenters. The molecule has 7 N–H and O–H groups in total. The molecule has 0 radical (unpaired) electrons. The minimum atomic E-state index is -0.910. The maximum absolute atomic E-state index is 13.9. The van der Waals surface area contributed by atoms with Gasteiger partial charge in [-0.3, -0.25) is 24.0 Å². The average Bonchev–Trinajstić information content (AvgIpc) is 3.03. The minimum Gasteiger partial charge on any atom is -0.352 e. The Kier molecular flexibility index (Phi) is 19.8.